The van der Waals surface area contributed by atoms with Crippen molar-refractivity contribution in [3.63, 3.8) is 0 Å². The molecule has 2 unspecified atom stereocenters. The average Bonchev–Trinajstić information content (AvgIpc) is 2.39. The SMILES string of the molecule is O=C(c1ccccc1)C1C=CC=CC1(Cl)[N+](=O)[O-]. The third kappa shape index (κ3) is 2.07. The molecule has 0 fully saturated rings. The zero-order valence-electron chi connectivity index (χ0n) is 9.32. The predicted octanol–water partition coefficient (Wildman–Crippen LogP) is 2.82. The first-order chi connectivity index (χ1) is 8.55. The maximum atomic E-state index is 12.2. The zero-order chi connectivity index (χ0) is 13.2. The van der Waals surface area contributed by atoms with E-state index < -0.39 is 15.8 Å². The average molecular weight is 264 g/mol. The van der Waals surface area contributed by atoms with Crippen molar-refractivity contribution in [1.29, 1.82) is 0 Å². The van der Waals surface area contributed by atoms with E-state index in [9.17, 15) is 14.9 Å². The molecule has 1 aliphatic carbocycles. The van der Waals surface area contributed by atoms with E-state index in [-0.39, 0.29) is 5.78 Å². The smallest absolute Gasteiger partial charge is 0.293 e. The summed E-state index contributed by atoms with van der Waals surface area (Å²) in [5, 5.41) is 11.1. The van der Waals surface area contributed by atoms with Crippen LogP contribution in [0.15, 0.2) is 54.6 Å². The Hall–Kier alpha value is -1.94. The van der Waals surface area contributed by atoms with Gasteiger partial charge in [0.2, 0.25) is 0 Å². The summed E-state index contributed by atoms with van der Waals surface area (Å²) in [6.45, 7) is 0. The topological polar surface area (TPSA) is 60.2 Å². The number of carbonyl (C=O) groups excluding carboxylic acids is 1. The van der Waals surface area contributed by atoms with Gasteiger partial charge in [0.05, 0.1) is 0 Å². The van der Waals surface area contributed by atoms with Crippen molar-refractivity contribution in [2.45, 2.75) is 5.00 Å². The summed E-state index contributed by atoms with van der Waals surface area (Å²) in [7, 11) is 0. The Morgan fingerprint density at radius 1 is 1.28 bits per heavy atom. The second kappa shape index (κ2) is 4.74. The fourth-order valence-electron chi connectivity index (χ4n) is 1.83. The quantitative estimate of drug-likeness (QED) is 0.277. The third-order valence-corrected chi connectivity index (χ3v) is 3.30. The normalized spacial score (nSPS) is 25.9. The van der Waals surface area contributed by atoms with E-state index in [1.165, 1.54) is 18.2 Å². The summed E-state index contributed by atoms with van der Waals surface area (Å²) in [6, 6.07) is 8.42. The molecule has 4 nitrogen and oxygen atoms in total. The molecule has 0 aliphatic heterocycles. The molecule has 0 heterocycles. The summed E-state index contributed by atoms with van der Waals surface area (Å²) in [4.78, 5) is 20.8. The number of halogens is 1. The summed E-state index contributed by atoms with van der Waals surface area (Å²) in [6.07, 6.45) is 5.77. The molecular formula is C13H10ClNO3. The van der Waals surface area contributed by atoms with Gasteiger partial charge in [0.1, 0.15) is 5.92 Å². The first kappa shape index (κ1) is 12.5. The third-order valence-electron chi connectivity index (χ3n) is 2.80. The predicted molar refractivity (Wildman–Crippen MR) is 68.1 cm³/mol. The number of Topliss-reactive ketones (excluding diaryl/α,β-unsaturated/α-hetero) is 1. The van der Waals surface area contributed by atoms with Crippen molar-refractivity contribution >= 4 is 17.4 Å². The van der Waals surface area contributed by atoms with Gasteiger partial charge in [-0.25, -0.2) is 0 Å². The van der Waals surface area contributed by atoms with Gasteiger partial charge in [-0.1, -0.05) is 48.6 Å². The van der Waals surface area contributed by atoms with Crippen LogP contribution in [0.5, 0.6) is 0 Å². The first-order valence-electron chi connectivity index (χ1n) is 5.34. The van der Waals surface area contributed by atoms with Crippen molar-refractivity contribution in [1.82, 2.24) is 0 Å². The number of carbonyl (C=O) groups is 1. The van der Waals surface area contributed by atoms with Crippen LogP contribution in [0.4, 0.5) is 0 Å². The summed E-state index contributed by atoms with van der Waals surface area (Å²) >= 11 is 5.96. The molecule has 92 valence electrons. The van der Waals surface area contributed by atoms with Gasteiger partial charge >= 0.3 is 5.00 Å². The van der Waals surface area contributed by atoms with Crippen LogP contribution in [-0.4, -0.2) is 15.7 Å². The fourth-order valence-corrected chi connectivity index (χ4v) is 2.08. The van der Waals surface area contributed by atoms with Crippen LogP contribution in [0, 0.1) is 16.0 Å². The van der Waals surface area contributed by atoms with Gasteiger partial charge in [0.15, 0.2) is 5.78 Å². The molecule has 0 bridgehead atoms. The Kier molecular flexibility index (Phi) is 3.30. The van der Waals surface area contributed by atoms with E-state index in [2.05, 4.69) is 0 Å². The Bertz CT molecular complexity index is 538. The van der Waals surface area contributed by atoms with Gasteiger partial charge in [-0.3, -0.25) is 14.9 Å². The molecule has 0 amide bonds. The zero-order valence-corrected chi connectivity index (χ0v) is 10.1. The van der Waals surface area contributed by atoms with Crippen LogP contribution < -0.4 is 0 Å². The molecule has 0 radical (unpaired) electrons. The molecule has 1 aliphatic rings. The summed E-state index contributed by atoms with van der Waals surface area (Å²) in [5.74, 6) is -1.36. The van der Waals surface area contributed by atoms with Gasteiger partial charge in [-0.15, -0.1) is 0 Å². The van der Waals surface area contributed by atoms with E-state index in [1.54, 1.807) is 36.4 Å². The number of benzene rings is 1. The highest BCUT2D eigenvalue weighted by Gasteiger charge is 2.50. The Balaban J connectivity index is 2.38. The highest BCUT2D eigenvalue weighted by Crippen LogP contribution is 2.34. The van der Waals surface area contributed by atoms with Crippen molar-refractivity contribution in [2.75, 3.05) is 0 Å². The maximum Gasteiger partial charge on any atom is 0.327 e. The van der Waals surface area contributed by atoms with Crippen LogP contribution in [0.2, 0.25) is 0 Å². The molecule has 0 spiro atoms. The monoisotopic (exact) mass is 263 g/mol. The van der Waals surface area contributed by atoms with Crippen LogP contribution >= 0.6 is 11.6 Å². The number of nitro groups is 1. The van der Waals surface area contributed by atoms with Gasteiger partial charge in [-0.2, -0.15) is 0 Å². The second-order valence-corrected chi connectivity index (χ2v) is 4.54. The van der Waals surface area contributed by atoms with E-state index in [4.69, 9.17) is 11.6 Å². The Morgan fingerprint density at radius 2 is 1.94 bits per heavy atom. The number of hydrogen-bond acceptors (Lipinski definition) is 3. The van der Waals surface area contributed by atoms with Crippen molar-refractivity contribution in [2.24, 2.45) is 5.92 Å². The van der Waals surface area contributed by atoms with Crippen LogP contribution in [-0.2, 0) is 0 Å². The molecule has 5 heteroatoms. The summed E-state index contributed by atoms with van der Waals surface area (Å²) < 4.78 is 0. The van der Waals surface area contributed by atoms with E-state index in [0.29, 0.717) is 5.56 Å². The lowest BCUT2D eigenvalue weighted by molar-refractivity contribution is -0.532. The number of rotatable bonds is 3. The molecule has 1 aromatic carbocycles. The number of ketones is 1. The van der Waals surface area contributed by atoms with E-state index in [0.717, 1.165) is 0 Å². The lowest BCUT2D eigenvalue weighted by Gasteiger charge is -2.23. The highest BCUT2D eigenvalue weighted by atomic mass is 35.5. The van der Waals surface area contributed by atoms with E-state index >= 15 is 0 Å². The maximum absolute atomic E-state index is 12.2. The van der Waals surface area contributed by atoms with Crippen molar-refractivity contribution < 1.29 is 9.72 Å². The molecular weight excluding hydrogens is 254 g/mol. The Morgan fingerprint density at radius 3 is 2.56 bits per heavy atom. The van der Waals surface area contributed by atoms with Gasteiger partial charge in [0.25, 0.3) is 0 Å². The van der Waals surface area contributed by atoms with Crippen LogP contribution in [0.3, 0.4) is 0 Å². The first-order valence-corrected chi connectivity index (χ1v) is 5.72. The molecule has 0 N–H and O–H groups in total. The van der Waals surface area contributed by atoms with Crippen LogP contribution in [0.1, 0.15) is 10.4 Å². The standard InChI is InChI=1S/C13H10ClNO3/c14-13(15(17)18)9-5-4-8-11(13)12(16)10-6-2-1-3-7-10/h1-9,11H. The lowest BCUT2D eigenvalue weighted by atomic mass is 9.87. The number of nitrogens with zero attached hydrogens (tertiary/aromatic N) is 1. The molecule has 2 atom stereocenters. The lowest BCUT2D eigenvalue weighted by Crippen LogP contribution is -2.42. The minimum absolute atomic E-state index is 0.358. The van der Waals surface area contributed by atoms with Gasteiger partial charge < -0.3 is 0 Å². The largest absolute Gasteiger partial charge is 0.327 e. The molecule has 0 saturated carbocycles. The van der Waals surface area contributed by atoms with Crippen LogP contribution in [0.25, 0.3) is 0 Å². The summed E-state index contributed by atoms with van der Waals surface area (Å²) in [5.41, 5.74) is 0.411. The molecule has 18 heavy (non-hydrogen) atoms. The second-order valence-electron chi connectivity index (χ2n) is 3.94. The number of alkyl halides is 1. The number of allylic oxidation sites excluding steroid dienone is 2. The van der Waals surface area contributed by atoms with E-state index in [1.807, 2.05) is 0 Å². The Labute approximate surface area is 109 Å². The van der Waals surface area contributed by atoms with Gasteiger partial charge in [0, 0.05) is 16.6 Å². The molecule has 2 rings (SSSR count). The highest BCUT2D eigenvalue weighted by molar-refractivity contribution is 6.26. The minimum Gasteiger partial charge on any atom is -0.293 e. The van der Waals surface area contributed by atoms with Crippen molar-refractivity contribution in [3.8, 4) is 0 Å². The number of hydrogen-bond donors (Lipinski definition) is 0. The van der Waals surface area contributed by atoms with Gasteiger partial charge in [-0.05, 0) is 11.6 Å². The molecule has 1 aromatic rings. The molecule has 0 saturated heterocycles. The minimum atomic E-state index is -1.90. The fraction of sp³-hybridized carbons (Fsp3) is 0.154. The molecule has 0 aromatic heterocycles. The van der Waals surface area contributed by atoms with Crippen molar-refractivity contribution in [3.05, 3.63) is 70.3 Å².